The Labute approximate surface area is 149 Å². The van der Waals surface area contributed by atoms with Gasteiger partial charge in [0.05, 0.1) is 16.8 Å². The molecule has 3 rings (SSSR count). The maximum absolute atomic E-state index is 12.3. The number of aromatic nitrogens is 3. The van der Waals surface area contributed by atoms with Gasteiger partial charge in [0, 0.05) is 18.4 Å². The van der Waals surface area contributed by atoms with Crippen molar-refractivity contribution >= 4 is 32.3 Å². The fourth-order valence-corrected chi connectivity index (χ4v) is 3.07. The Morgan fingerprint density at radius 3 is 2.69 bits per heavy atom. The largest absolute Gasteiger partial charge is 0.326 e. The van der Waals surface area contributed by atoms with Gasteiger partial charge in [0.1, 0.15) is 5.52 Å². The van der Waals surface area contributed by atoms with Gasteiger partial charge in [0.25, 0.3) is 5.56 Å². The maximum Gasteiger partial charge on any atom is 0.277 e. The molecule has 1 aromatic heterocycles. The standard InChI is InChI=1S/C17H16N4O4S/c1-26(24,25)13-6-4-5-12(11-13)18-16(22)9-10-21-17(23)14-7-2-3-8-15(14)19-20-21/h2-8,11H,9-10H2,1H3,(H,18,22). The third kappa shape index (κ3) is 3.94. The van der Waals surface area contributed by atoms with Crippen molar-refractivity contribution in [1.82, 2.24) is 15.0 Å². The summed E-state index contributed by atoms with van der Waals surface area (Å²) in [6.45, 7) is 0.0638. The SMILES string of the molecule is CS(=O)(=O)c1cccc(NC(=O)CCn2nnc3ccccc3c2=O)c1. The van der Waals surface area contributed by atoms with Gasteiger partial charge in [-0.25, -0.2) is 13.1 Å². The number of aryl methyl sites for hydroxylation is 1. The monoisotopic (exact) mass is 372 g/mol. The first-order valence-electron chi connectivity index (χ1n) is 7.77. The molecule has 0 aliphatic rings. The van der Waals surface area contributed by atoms with Crippen LogP contribution in [0.5, 0.6) is 0 Å². The summed E-state index contributed by atoms with van der Waals surface area (Å²) in [4.78, 5) is 24.5. The van der Waals surface area contributed by atoms with Gasteiger partial charge in [-0.15, -0.1) is 5.10 Å². The summed E-state index contributed by atoms with van der Waals surface area (Å²) in [7, 11) is -3.36. The van der Waals surface area contributed by atoms with E-state index in [4.69, 9.17) is 0 Å². The smallest absolute Gasteiger partial charge is 0.277 e. The van der Waals surface area contributed by atoms with Crippen LogP contribution in [0.4, 0.5) is 5.69 Å². The number of nitrogens with zero attached hydrogens (tertiary/aromatic N) is 3. The lowest BCUT2D eigenvalue weighted by molar-refractivity contribution is -0.116. The second-order valence-electron chi connectivity index (χ2n) is 5.73. The molecule has 134 valence electrons. The molecule has 9 heteroatoms. The molecule has 0 saturated heterocycles. The third-order valence-corrected chi connectivity index (χ3v) is 4.84. The van der Waals surface area contributed by atoms with Crippen molar-refractivity contribution in [2.75, 3.05) is 11.6 Å². The molecule has 2 aromatic carbocycles. The zero-order chi connectivity index (χ0) is 18.7. The van der Waals surface area contributed by atoms with Crippen LogP contribution in [0.25, 0.3) is 10.9 Å². The molecule has 0 fully saturated rings. The highest BCUT2D eigenvalue weighted by atomic mass is 32.2. The van der Waals surface area contributed by atoms with Crippen molar-refractivity contribution in [2.45, 2.75) is 17.9 Å². The number of nitrogens with one attached hydrogen (secondary N) is 1. The number of benzene rings is 2. The number of carbonyl (C=O) groups excluding carboxylic acids is 1. The van der Waals surface area contributed by atoms with Gasteiger partial charge in [-0.3, -0.25) is 9.59 Å². The van der Waals surface area contributed by atoms with Gasteiger partial charge in [-0.05, 0) is 30.3 Å². The first-order valence-corrected chi connectivity index (χ1v) is 9.66. The average Bonchev–Trinajstić information content (AvgIpc) is 2.61. The van der Waals surface area contributed by atoms with Gasteiger partial charge >= 0.3 is 0 Å². The van der Waals surface area contributed by atoms with E-state index in [0.29, 0.717) is 16.6 Å². The predicted molar refractivity (Wildman–Crippen MR) is 96.6 cm³/mol. The van der Waals surface area contributed by atoms with Gasteiger partial charge in [0.15, 0.2) is 9.84 Å². The number of sulfone groups is 1. The first kappa shape index (κ1) is 17.7. The fraction of sp³-hybridized carbons (Fsp3) is 0.176. The molecular formula is C17H16N4O4S. The highest BCUT2D eigenvalue weighted by Gasteiger charge is 2.10. The number of rotatable bonds is 5. The van der Waals surface area contributed by atoms with Gasteiger partial charge in [0.2, 0.25) is 5.91 Å². The van der Waals surface area contributed by atoms with E-state index >= 15 is 0 Å². The minimum atomic E-state index is -3.36. The molecule has 1 N–H and O–H groups in total. The quantitative estimate of drug-likeness (QED) is 0.721. The minimum Gasteiger partial charge on any atom is -0.326 e. The zero-order valence-electron chi connectivity index (χ0n) is 13.9. The van der Waals surface area contributed by atoms with Crippen LogP contribution in [0.2, 0.25) is 0 Å². The van der Waals surface area contributed by atoms with Crippen LogP contribution in [0.1, 0.15) is 6.42 Å². The lowest BCUT2D eigenvalue weighted by Crippen LogP contribution is -2.26. The average molecular weight is 372 g/mol. The molecule has 0 bridgehead atoms. The van der Waals surface area contributed by atoms with Crippen molar-refractivity contribution in [3.63, 3.8) is 0 Å². The Hall–Kier alpha value is -3.07. The van der Waals surface area contributed by atoms with Crippen LogP contribution in [0.15, 0.2) is 58.2 Å². The van der Waals surface area contributed by atoms with Crippen LogP contribution in [0.3, 0.4) is 0 Å². The number of amides is 1. The summed E-state index contributed by atoms with van der Waals surface area (Å²) in [6, 6.07) is 12.8. The molecule has 0 saturated carbocycles. The Kier molecular flexibility index (Phi) is 4.81. The summed E-state index contributed by atoms with van der Waals surface area (Å²) in [6.07, 6.45) is 1.09. The molecule has 0 radical (unpaired) electrons. The van der Waals surface area contributed by atoms with E-state index in [1.807, 2.05) is 0 Å². The Bertz CT molecular complexity index is 1140. The van der Waals surface area contributed by atoms with E-state index < -0.39 is 9.84 Å². The zero-order valence-corrected chi connectivity index (χ0v) is 14.7. The summed E-state index contributed by atoms with van der Waals surface area (Å²) >= 11 is 0. The molecule has 0 aliphatic heterocycles. The lowest BCUT2D eigenvalue weighted by Gasteiger charge is -2.08. The second-order valence-corrected chi connectivity index (χ2v) is 7.75. The van der Waals surface area contributed by atoms with E-state index in [-0.39, 0.29) is 29.3 Å². The van der Waals surface area contributed by atoms with Gasteiger partial charge < -0.3 is 5.32 Å². The van der Waals surface area contributed by atoms with Crippen molar-refractivity contribution < 1.29 is 13.2 Å². The molecule has 8 nitrogen and oxygen atoms in total. The normalized spacial score (nSPS) is 11.4. The molecule has 0 unspecified atom stereocenters. The second kappa shape index (κ2) is 7.04. The van der Waals surface area contributed by atoms with Gasteiger partial charge in [-0.2, -0.15) is 0 Å². The van der Waals surface area contributed by atoms with Crippen molar-refractivity contribution in [3.8, 4) is 0 Å². The van der Waals surface area contributed by atoms with E-state index in [1.165, 1.54) is 12.1 Å². The van der Waals surface area contributed by atoms with E-state index in [0.717, 1.165) is 10.9 Å². The summed E-state index contributed by atoms with van der Waals surface area (Å²) in [5, 5.41) is 10.8. The molecule has 0 spiro atoms. The van der Waals surface area contributed by atoms with Crippen LogP contribution in [-0.4, -0.2) is 35.6 Å². The lowest BCUT2D eigenvalue weighted by atomic mass is 10.2. The molecule has 1 amide bonds. The minimum absolute atomic E-state index is 0.00394. The molecule has 1 heterocycles. The molecule has 3 aromatic rings. The van der Waals surface area contributed by atoms with Crippen molar-refractivity contribution in [3.05, 3.63) is 58.9 Å². The number of hydrogen-bond acceptors (Lipinski definition) is 6. The number of carbonyl (C=O) groups is 1. The summed E-state index contributed by atoms with van der Waals surface area (Å²) in [5.41, 5.74) is 0.549. The van der Waals surface area contributed by atoms with Gasteiger partial charge in [-0.1, -0.05) is 23.4 Å². The summed E-state index contributed by atoms with van der Waals surface area (Å²) in [5.74, 6) is -0.363. The molecule has 0 atom stereocenters. The Morgan fingerprint density at radius 2 is 1.92 bits per heavy atom. The number of anilines is 1. The van der Waals surface area contributed by atoms with Crippen LogP contribution in [-0.2, 0) is 21.2 Å². The first-order chi connectivity index (χ1) is 12.3. The van der Waals surface area contributed by atoms with Crippen LogP contribution >= 0.6 is 0 Å². The predicted octanol–water partition coefficient (Wildman–Crippen LogP) is 1.22. The topological polar surface area (TPSA) is 111 Å². The number of fused-ring (bicyclic) bond motifs is 1. The Morgan fingerprint density at radius 1 is 1.15 bits per heavy atom. The van der Waals surface area contributed by atoms with Crippen LogP contribution in [0, 0.1) is 0 Å². The van der Waals surface area contributed by atoms with E-state index in [2.05, 4.69) is 15.6 Å². The molecule has 0 aliphatic carbocycles. The molecule has 26 heavy (non-hydrogen) atoms. The van der Waals surface area contributed by atoms with E-state index in [1.54, 1.807) is 36.4 Å². The fourth-order valence-electron chi connectivity index (χ4n) is 2.41. The van der Waals surface area contributed by atoms with Crippen LogP contribution < -0.4 is 10.9 Å². The van der Waals surface area contributed by atoms with Crippen molar-refractivity contribution in [1.29, 1.82) is 0 Å². The number of hydrogen-bond donors (Lipinski definition) is 1. The summed E-state index contributed by atoms with van der Waals surface area (Å²) < 4.78 is 24.3. The highest BCUT2D eigenvalue weighted by Crippen LogP contribution is 2.15. The van der Waals surface area contributed by atoms with Crippen molar-refractivity contribution in [2.24, 2.45) is 0 Å². The Balaban J connectivity index is 1.70. The molecular weight excluding hydrogens is 356 g/mol. The maximum atomic E-state index is 12.3. The highest BCUT2D eigenvalue weighted by molar-refractivity contribution is 7.90. The third-order valence-electron chi connectivity index (χ3n) is 3.73. The van der Waals surface area contributed by atoms with E-state index in [9.17, 15) is 18.0 Å².